The second-order valence-corrected chi connectivity index (χ2v) is 22.8. The maximum absolute atomic E-state index is 13.5. The van der Waals surface area contributed by atoms with Crippen LogP contribution >= 0.6 is 0 Å². The van der Waals surface area contributed by atoms with E-state index in [-0.39, 0.29) is 24.1 Å². The van der Waals surface area contributed by atoms with E-state index in [1.54, 1.807) is 0 Å². The van der Waals surface area contributed by atoms with E-state index in [4.69, 9.17) is 9.47 Å². The molecule has 0 spiro atoms. The van der Waals surface area contributed by atoms with Gasteiger partial charge in [0, 0.05) is 47.0 Å². The van der Waals surface area contributed by atoms with Gasteiger partial charge >= 0.3 is 0 Å². The van der Waals surface area contributed by atoms with Crippen LogP contribution in [0.2, 0.25) is 51.4 Å². The number of hydrogen-bond acceptors (Lipinski definition) is 3. The van der Waals surface area contributed by atoms with E-state index in [0.29, 0.717) is 13.2 Å². The Morgan fingerprint density at radius 3 is 1.90 bits per heavy atom. The molecule has 0 aromatic heterocycles. The first-order chi connectivity index (χ1) is 14.2. The number of rotatable bonds is 13. The van der Waals surface area contributed by atoms with E-state index in [1.807, 2.05) is 29.2 Å². The van der Waals surface area contributed by atoms with Crippen molar-refractivity contribution in [3.8, 4) is 0 Å². The number of benzene rings is 1. The number of amides is 1. The number of nitrogens with zero attached hydrogens (tertiary/aromatic N) is 1. The number of ether oxygens (including phenoxy) is 2. The molecule has 0 radical (unpaired) electrons. The summed E-state index contributed by atoms with van der Waals surface area (Å²) in [6.07, 6.45) is -0.223. The predicted molar refractivity (Wildman–Crippen MR) is 139 cm³/mol. The first-order valence-electron chi connectivity index (χ1n) is 11.8. The fourth-order valence-corrected chi connectivity index (χ4v) is 4.97. The third-order valence-corrected chi connectivity index (χ3v) is 8.73. The van der Waals surface area contributed by atoms with Crippen molar-refractivity contribution in [3.05, 3.63) is 35.4 Å². The minimum absolute atomic E-state index is 0.0708. The molecule has 0 fully saturated rings. The van der Waals surface area contributed by atoms with E-state index in [9.17, 15) is 4.79 Å². The van der Waals surface area contributed by atoms with Gasteiger partial charge in [0.2, 0.25) is 0 Å². The van der Waals surface area contributed by atoms with Crippen molar-refractivity contribution in [2.45, 2.75) is 97.3 Å². The van der Waals surface area contributed by atoms with Crippen LogP contribution in [0.15, 0.2) is 24.3 Å². The standard InChI is InChI=1S/C25H47NO3Si2/c1-20(2)26(21(3)4)25(27)23-14-12-11-13-22(23)24(29-16-18-31(8,9)10)19-28-15-17-30(5,6)7/h11-14,20-21,24H,15-19H2,1-10H3/t24-/m0/s1. The highest BCUT2D eigenvalue weighted by atomic mass is 28.3. The molecule has 178 valence electrons. The zero-order chi connectivity index (χ0) is 23.8. The van der Waals surface area contributed by atoms with Gasteiger partial charge in [-0.25, -0.2) is 0 Å². The topological polar surface area (TPSA) is 38.8 Å². The van der Waals surface area contributed by atoms with Gasteiger partial charge in [-0.2, -0.15) is 0 Å². The molecule has 31 heavy (non-hydrogen) atoms. The monoisotopic (exact) mass is 465 g/mol. The van der Waals surface area contributed by atoms with Crippen LogP contribution in [0.1, 0.15) is 49.7 Å². The van der Waals surface area contributed by atoms with Crippen LogP contribution in [0.25, 0.3) is 0 Å². The second kappa shape index (κ2) is 12.3. The summed E-state index contributed by atoms with van der Waals surface area (Å²) in [6.45, 7) is 24.4. The van der Waals surface area contributed by atoms with Crippen molar-refractivity contribution in [3.63, 3.8) is 0 Å². The van der Waals surface area contributed by atoms with Crippen molar-refractivity contribution >= 4 is 22.1 Å². The molecule has 1 aromatic rings. The summed E-state index contributed by atoms with van der Waals surface area (Å²) < 4.78 is 12.5. The molecule has 0 aliphatic carbocycles. The van der Waals surface area contributed by atoms with Crippen LogP contribution in [0.5, 0.6) is 0 Å². The molecule has 1 rings (SSSR count). The zero-order valence-electron chi connectivity index (χ0n) is 21.7. The molecule has 0 unspecified atom stereocenters. The molecule has 0 N–H and O–H groups in total. The molecule has 1 atom stereocenters. The van der Waals surface area contributed by atoms with Crippen LogP contribution in [-0.4, -0.2) is 58.9 Å². The normalized spacial score (nSPS) is 13.7. The number of carbonyl (C=O) groups excluding carboxylic acids is 1. The third-order valence-electron chi connectivity index (χ3n) is 5.32. The molecule has 0 saturated heterocycles. The Hall–Kier alpha value is -0.956. The highest BCUT2D eigenvalue weighted by Crippen LogP contribution is 2.26. The van der Waals surface area contributed by atoms with Crippen molar-refractivity contribution in [2.24, 2.45) is 0 Å². The Kier molecular flexibility index (Phi) is 11.2. The van der Waals surface area contributed by atoms with E-state index in [0.717, 1.165) is 29.8 Å². The molecule has 1 aromatic carbocycles. The Morgan fingerprint density at radius 2 is 1.39 bits per heavy atom. The van der Waals surface area contributed by atoms with Gasteiger partial charge in [-0.1, -0.05) is 57.5 Å². The molecule has 0 aliphatic rings. The summed E-state index contributed by atoms with van der Waals surface area (Å²) in [5.74, 6) is 0.0708. The summed E-state index contributed by atoms with van der Waals surface area (Å²) in [5.41, 5.74) is 1.68. The zero-order valence-corrected chi connectivity index (χ0v) is 23.7. The van der Waals surface area contributed by atoms with Gasteiger partial charge in [0.05, 0.1) is 6.61 Å². The van der Waals surface area contributed by atoms with Gasteiger partial charge in [0.25, 0.3) is 5.91 Å². The second-order valence-electron chi connectivity index (χ2n) is 11.5. The van der Waals surface area contributed by atoms with E-state index in [2.05, 4.69) is 67.0 Å². The molecule has 0 saturated carbocycles. The maximum atomic E-state index is 13.5. The lowest BCUT2D eigenvalue weighted by Gasteiger charge is -2.32. The lowest BCUT2D eigenvalue weighted by Crippen LogP contribution is -2.42. The van der Waals surface area contributed by atoms with E-state index in [1.165, 1.54) is 0 Å². The first kappa shape index (κ1) is 28.1. The minimum Gasteiger partial charge on any atom is -0.379 e. The average Bonchev–Trinajstić information content (AvgIpc) is 2.61. The van der Waals surface area contributed by atoms with Crippen molar-refractivity contribution < 1.29 is 14.3 Å². The van der Waals surface area contributed by atoms with Crippen molar-refractivity contribution in [1.82, 2.24) is 4.90 Å². The summed E-state index contributed by atoms with van der Waals surface area (Å²) in [7, 11) is -2.36. The van der Waals surface area contributed by atoms with Gasteiger partial charge in [0.1, 0.15) is 6.10 Å². The van der Waals surface area contributed by atoms with Crippen LogP contribution in [-0.2, 0) is 9.47 Å². The molecule has 6 heteroatoms. The highest BCUT2D eigenvalue weighted by Gasteiger charge is 2.27. The predicted octanol–water partition coefficient (Wildman–Crippen LogP) is 6.70. The largest absolute Gasteiger partial charge is 0.379 e. The Morgan fingerprint density at radius 1 is 0.871 bits per heavy atom. The lowest BCUT2D eigenvalue weighted by molar-refractivity contribution is -0.0108. The Balaban J connectivity index is 3.11. The fraction of sp³-hybridized carbons (Fsp3) is 0.720. The quantitative estimate of drug-likeness (QED) is 0.240. The first-order valence-corrected chi connectivity index (χ1v) is 19.3. The molecule has 0 heterocycles. The SMILES string of the molecule is CC(C)N(C(=O)c1ccccc1[C@H](COCC[Si](C)(C)C)OCC[Si](C)(C)C)C(C)C. The summed E-state index contributed by atoms with van der Waals surface area (Å²) >= 11 is 0. The molecule has 0 aliphatic heterocycles. The average molecular weight is 466 g/mol. The van der Waals surface area contributed by atoms with Crippen molar-refractivity contribution in [1.29, 1.82) is 0 Å². The molecule has 1 amide bonds. The molecular weight excluding hydrogens is 418 g/mol. The van der Waals surface area contributed by atoms with E-state index < -0.39 is 16.1 Å². The van der Waals surface area contributed by atoms with Gasteiger partial charge in [-0.3, -0.25) is 4.79 Å². The Labute approximate surface area is 193 Å². The Bertz CT molecular complexity index is 670. The molecule has 4 nitrogen and oxygen atoms in total. The third kappa shape index (κ3) is 10.5. The smallest absolute Gasteiger partial charge is 0.254 e. The summed E-state index contributed by atoms with van der Waals surface area (Å²) in [6, 6.07) is 10.4. The number of carbonyl (C=O) groups is 1. The van der Waals surface area contributed by atoms with Gasteiger partial charge in [0.15, 0.2) is 0 Å². The summed E-state index contributed by atoms with van der Waals surface area (Å²) in [5, 5.41) is 0. The highest BCUT2D eigenvalue weighted by molar-refractivity contribution is 6.76. The molecule has 0 bridgehead atoms. The minimum atomic E-state index is -1.21. The van der Waals surface area contributed by atoms with Gasteiger partial charge in [-0.05, 0) is 51.4 Å². The number of hydrogen-bond donors (Lipinski definition) is 0. The van der Waals surface area contributed by atoms with Gasteiger partial charge in [-0.15, -0.1) is 0 Å². The van der Waals surface area contributed by atoms with Gasteiger partial charge < -0.3 is 14.4 Å². The summed E-state index contributed by atoms with van der Waals surface area (Å²) in [4.78, 5) is 15.4. The molecular formula is C25H47NO3Si2. The lowest BCUT2D eigenvalue weighted by atomic mass is 10.00. The van der Waals surface area contributed by atoms with Crippen LogP contribution < -0.4 is 0 Å². The maximum Gasteiger partial charge on any atom is 0.254 e. The van der Waals surface area contributed by atoms with E-state index >= 15 is 0 Å². The van der Waals surface area contributed by atoms with Crippen LogP contribution in [0, 0.1) is 0 Å². The van der Waals surface area contributed by atoms with Crippen molar-refractivity contribution in [2.75, 3.05) is 19.8 Å². The van der Waals surface area contributed by atoms with Crippen LogP contribution in [0.3, 0.4) is 0 Å². The van der Waals surface area contributed by atoms with Crippen LogP contribution in [0.4, 0.5) is 0 Å². The fourth-order valence-electron chi connectivity index (χ4n) is 3.48.